The lowest BCUT2D eigenvalue weighted by atomic mass is 10.1. The average molecular weight is 354 g/mol. The van der Waals surface area contributed by atoms with Crippen LogP contribution in [0.1, 0.15) is 24.1 Å². The summed E-state index contributed by atoms with van der Waals surface area (Å²) in [6, 6.07) is 10.1. The predicted octanol–water partition coefficient (Wildman–Crippen LogP) is 4.15. The Bertz CT molecular complexity index is 634. The Kier molecular flexibility index (Phi) is 5.20. The Balaban J connectivity index is 2.08. The predicted molar refractivity (Wildman–Crippen MR) is 84.0 cm³/mol. The van der Waals surface area contributed by atoms with Crippen LogP contribution in [0.3, 0.4) is 0 Å². The first-order valence-corrected chi connectivity index (χ1v) is 7.34. The van der Waals surface area contributed by atoms with Crippen molar-refractivity contribution in [3.05, 3.63) is 57.8 Å². The third-order valence-corrected chi connectivity index (χ3v) is 3.87. The van der Waals surface area contributed by atoms with Crippen molar-refractivity contribution in [3.8, 4) is 11.5 Å². The van der Waals surface area contributed by atoms with E-state index in [1.165, 1.54) is 19.2 Å². The Labute approximate surface area is 131 Å². The maximum absolute atomic E-state index is 13.2. The van der Waals surface area contributed by atoms with Crippen molar-refractivity contribution in [1.82, 2.24) is 5.32 Å². The summed E-state index contributed by atoms with van der Waals surface area (Å²) < 4.78 is 18.9. The summed E-state index contributed by atoms with van der Waals surface area (Å²) in [4.78, 5) is 0. The van der Waals surface area contributed by atoms with Crippen LogP contribution in [-0.2, 0) is 6.54 Å². The van der Waals surface area contributed by atoms with Gasteiger partial charge in [-0.05, 0) is 58.2 Å². The third-order valence-electron chi connectivity index (χ3n) is 3.27. The van der Waals surface area contributed by atoms with E-state index in [2.05, 4.69) is 21.2 Å². The summed E-state index contributed by atoms with van der Waals surface area (Å²) in [5, 5.41) is 13.1. The summed E-state index contributed by atoms with van der Waals surface area (Å²) in [7, 11) is 1.51. The summed E-state index contributed by atoms with van der Waals surface area (Å²) in [6.45, 7) is 2.55. The summed E-state index contributed by atoms with van der Waals surface area (Å²) in [6.07, 6.45) is 0. The molecular formula is C16H17BrFNO2. The van der Waals surface area contributed by atoms with E-state index < -0.39 is 0 Å². The van der Waals surface area contributed by atoms with E-state index in [0.29, 0.717) is 16.8 Å². The number of aromatic hydroxyl groups is 1. The van der Waals surface area contributed by atoms with Crippen molar-refractivity contribution in [2.75, 3.05) is 7.11 Å². The summed E-state index contributed by atoms with van der Waals surface area (Å²) in [5.41, 5.74) is 1.85. The molecule has 21 heavy (non-hydrogen) atoms. The number of rotatable bonds is 5. The molecule has 0 amide bonds. The normalized spacial score (nSPS) is 12.2. The van der Waals surface area contributed by atoms with Gasteiger partial charge in [-0.2, -0.15) is 0 Å². The van der Waals surface area contributed by atoms with Crippen LogP contribution in [-0.4, -0.2) is 12.2 Å². The Hall–Kier alpha value is -1.59. The monoisotopic (exact) mass is 353 g/mol. The topological polar surface area (TPSA) is 41.5 Å². The molecule has 0 bridgehead atoms. The smallest absolute Gasteiger partial charge is 0.172 e. The molecule has 0 aliphatic carbocycles. The maximum Gasteiger partial charge on any atom is 0.172 e. The average Bonchev–Trinajstić information content (AvgIpc) is 2.48. The molecule has 0 aliphatic rings. The number of phenols is 1. The molecule has 0 aliphatic heterocycles. The molecular weight excluding hydrogens is 337 g/mol. The van der Waals surface area contributed by atoms with Gasteiger partial charge in [-0.3, -0.25) is 0 Å². The largest absolute Gasteiger partial charge is 0.503 e. The second-order valence-corrected chi connectivity index (χ2v) is 5.64. The van der Waals surface area contributed by atoms with Crippen LogP contribution in [0, 0.1) is 5.82 Å². The highest BCUT2D eigenvalue weighted by Crippen LogP contribution is 2.35. The number of hydrogen-bond donors (Lipinski definition) is 2. The number of phenolic OH excluding ortho intramolecular Hbond substituents is 1. The number of methoxy groups -OCH3 is 1. The molecule has 112 valence electrons. The molecule has 2 aromatic carbocycles. The first kappa shape index (κ1) is 15.8. The number of nitrogens with one attached hydrogen (secondary N) is 1. The van der Waals surface area contributed by atoms with Crippen LogP contribution >= 0.6 is 15.9 Å². The van der Waals surface area contributed by atoms with Gasteiger partial charge in [-0.25, -0.2) is 4.39 Å². The fourth-order valence-corrected chi connectivity index (χ4v) is 2.54. The third kappa shape index (κ3) is 3.95. The zero-order chi connectivity index (χ0) is 15.4. The number of halogens is 2. The molecule has 0 aromatic heterocycles. The molecule has 1 atom stereocenters. The molecule has 1 unspecified atom stereocenters. The van der Waals surface area contributed by atoms with Crippen molar-refractivity contribution >= 4 is 15.9 Å². The fraction of sp³-hybridized carbons (Fsp3) is 0.250. The van der Waals surface area contributed by atoms with Crippen LogP contribution in [0.4, 0.5) is 4.39 Å². The highest BCUT2D eigenvalue weighted by Gasteiger charge is 2.10. The zero-order valence-electron chi connectivity index (χ0n) is 11.9. The number of ether oxygens (including phenoxy) is 1. The van der Waals surface area contributed by atoms with E-state index in [4.69, 9.17) is 4.74 Å². The van der Waals surface area contributed by atoms with Gasteiger partial charge in [0.15, 0.2) is 11.5 Å². The molecule has 0 saturated carbocycles. The van der Waals surface area contributed by atoms with Gasteiger partial charge < -0.3 is 15.2 Å². The number of hydrogen-bond acceptors (Lipinski definition) is 3. The SMILES string of the molecule is COc1cc(CNC(C)c2cccc(F)c2)cc(Br)c1O. The van der Waals surface area contributed by atoms with Gasteiger partial charge >= 0.3 is 0 Å². The van der Waals surface area contributed by atoms with Crippen LogP contribution in [0.25, 0.3) is 0 Å². The minimum atomic E-state index is -0.241. The van der Waals surface area contributed by atoms with E-state index in [9.17, 15) is 9.50 Å². The van der Waals surface area contributed by atoms with Gasteiger partial charge in [0, 0.05) is 12.6 Å². The van der Waals surface area contributed by atoms with E-state index in [1.54, 1.807) is 12.1 Å². The minimum Gasteiger partial charge on any atom is -0.503 e. The number of benzene rings is 2. The van der Waals surface area contributed by atoms with Crippen molar-refractivity contribution in [2.45, 2.75) is 19.5 Å². The van der Waals surface area contributed by atoms with Gasteiger partial charge in [-0.15, -0.1) is 0 Å². The fourth-order valence-electron chi connectivity index (χ4n) is 2.05. The van der Waals surface area contributed by atoms with Crippen molar-refractivity contribution in [1.29, 1.82) is 0 Å². The van der Waals surface area contributed by atoms with E-state index in [1.807, 2.05) is 19.1 Å². The Morgan fingerprint density at radius 2 is 2.10 bits per heavy atom. The lowest BCUT2D eigenvalue weighted by molar-refractivity contribution is 0.371. The van der Waals surface area contributed by atoms with Crippen molar-refractivity contribution < 1.29 is 14.2 Å². The Morgan fingerprint density at radius 1 is 1.33 bits per heavy atom. The van der Waals surface area contributed by atoms with Crippen LogP contribution < -0.4 is 10.1 Å². The maximum atomic E-state index is 13.2. The molecule has 0 radical (unpaired) electrons. The minimum absolute atomic E-state index is 0.0132. The zero-order valence-corrected chi connectivity index (χ0v) is 13.4. The van der Waals surface area contributed by atoms with E-state index in [0.717, 1.165) is 11.1 Å². The van der Waals surface area contributed by atoms with Crippen molar-refractivity contribution in [2.24, 2.45) is 0 Å². The quantitative estimate of drug-likeness (QED) is 0.848. The Morgan fingerprint density at radius 3 is 2.76 bits per heavy atom. The molecule has 2 N–H and O–H groups in total. The van der Waals surface area contributed by atoms with Gasteiger partial charge in [-0.1, -0.05) is 12.1 Å². The van der Waals surface area contributed by atoms with Gasteiger partial charge in [0.05, 0.1) is 11.6 Å². The highest BCUT2D eigenvalue weighted by atomic mass is 79.9. The van der Waals surface area contributed by atoms with Crippen LogP contribution in [0.15, 0.2) is 40.9 Å². The lowest BCUT2D eigenvalue weighted by Gasteiger charge is -2.15. The van der Waals surface area contributed by atoms with Crippen LogP contribution in [0.2, 0.25) is 0 Å². The highest BCUT2D eigenvalue weighted by molar-refractivity contribution is 9.10. The molecule has 2 rings (SSSR count). The van der Waals surface area contributed by atoms with Crippen LogP contribution in [0.5, 0.6) is 11.5 Å². The molecule has 5 heteroatoms. The molecule has 0 saturated heterocycles. The summed E-state index contributed by atoms with van der Waals surface area (Å²) in [5.74, 6) is 0.259. The summed E-state index contributed by atoms with van der Waals surface area (Å²) >= 11 is 3.29. The first-order valence-electron chi connectivity index (χ1n) is 6.55. The second-order valence-electron chi connectivity index (χ2n) is 4.79. The van der Waals surface area contributed by atoms with Gasteiger partial charge in [0.25, 0.3) is 0 Å². The molecule has 2 aromatic rings. The molecule has 0 heterocycles. The molecule has 0 fully saturated rings. The van der Waals surface area contributed by atoms with E-state index in [-0.39, 0.29) is 17.6 Å². The van der Waals surface area contributed by atoms with Gasteiger partial charge in [0.2, 0.25) is 0 Å². The molecule has 3 nitrogen and oxygen atoms in total. The standard InChI is InChI=1S/C16H17BrFNO2/c1-10(12-4-3-5-13(18)8-12)19-9-11-6-14(17)16(20)15(7-11)21-2/h3-8,10,19-20H,9H2,1-2H3. The lowest BCUT2D eigenvalue weighted by Crippen LogP contribution is -2.18. The van der Waals surface area contributed by atoms with Gasteiger partial charge in [0.1, 0.15) is 5.82 Å². The first-order chi connectivity index (χ1) is 10.0. The second kappa shape index (κ2) is 6.91. The van der Waals surface area contributed by atoms with Crippen molar-refractivity contribution in [3.63, 3.8) is 0 Å². The van der Waals surface area contributed by atoms with E-state index >= 15 is 0 Å². The molecule has 0 spiro atoms.